The number of halogens is 1. The Morgan fingerprint density at radius 3 is 2.68 bits per heavy atom. The van der Waals surface area contributed by atoms with Crippen LogP contribution in [0.5, 0.6) is 5.75 Å². The van der Waals surface area contributed by atoms with Crippen LogP contribution in [0, 0.1) is 0 Å². The molecular formula is C20H20ClN3O6S. The number of sulfonamides is 1. The molecule has 2 amide bonds. The average Bonchev–Trinajstić information content (AvgIpc) is 2.78. The fourth-order valence-corrected chi connectivity index (χ4v) is 5.22. The van der Waals surface area contributed by atoms with Crippen molar-refractivity contribution in [2.75, 3.05) is 49.1 Å². The highest BCUT2D eigenvalue weighted by Crippen LogP contribution is 2.37. The molecule has 31 heavy (non-hydrogen) atoms. The Labute approximate surface area is 184 Å². The summed E-state index contributed by atoms with van der Waals surface area (Å²) in [4.78, 5) is 25.9. The third kappa shape index (κ3) is 4.46. The lowest BCUT2D eigenvalue weighted by atomic mass is 10.2. The van der Waals surface area contributed by atoms with Crippen molar-refractivity contribution in [2.45, 2.75) is 4.90 Å². The predicted molar refractivity (Wildman–Crippen MR) is 114 cm³/mol. The largest absolute Gasteiger partial charge is 0.482 e. The normalized spacial score (nSPS) is 16.5. The number of hydrogen-bond acceptors (Lipinski definition) is 6. The molecule has 4 rings (SSSR count). The van der Waals surface area contributed by atoms with E-state index in [0.717, 1.165) is 4.31 Å². The fraction of sp³-hybridized carbons (Fsp3) is 0.300. The number of carbonyl (C=O) groups excluding carboxylic acids is 2. The lowest BCUT2D eigenvalue weighted by molar-refractivity contribution is -0.137. The van der Waals surface area contributed by atoms with Crippen molar-refractivity contribution in [1.29, 1.82) is 0 Å². The summed E-state index contributed by atoms with van der Waals surface area (Å²) in [6.45, 7) is 1.08. The van der Waals surface area contributed by atoms with Crippen molar-refractivity contribution >= 4 is 44.8 Å². The number of benzene rings is 2. The summed E-state index contributed by atoms with van der Waals surface area (Å²) in [5.41, 5.74) is 0.715. The molecule has 0 radical (unpaired) electrons. The molecule has 2 aliphatic heterocycles. The SMILES string of the molecule is O=C1CN(S(=O)(=O)c2cc(Cl)ccc2OCC(=O)N2CCOCC2)c2ccccc2N1. The number of rotatable bonds is 5. The summed E-state index contributed by atoms with van der Waals surface area (Å²) < 4.78 is 38.9. The van der Waals surface area contributed by atoms with Crippen LogP contribution in [0.15, 0.2) is 47.4 Å². The molecule has 11 heteroatoms. The Hall–Kier alpha value is -2.82. The second-order valence-corrected chi connectivity index (χ2v) is 9.22. The minimum absolute atomic E-state index is 0.0190. The van der Waals surface area contributed by atoms with Gasteiger partial charge in [0.25, 0.3) is 15.9 Å². The van der Waals surface area contributed by atoms with Gasteiger partial charge in [-0.05, 0) is 30.3 Å². The molecule has 0 unspecified atom stereocenters. The highest BCUT2D eigenvalue weighted by Gasteiger charge is 2.34. The highest BCUT2D eigenvalue weighted by atomic mass is 35.5. The van der Waals surface area contributed by atoms with Crippen LogP contribution >= 0.6 is 11.6 Å². The first-order chi connectivity index (χ1) is 14.9. The Morgan fingerprint density at radius 2 is 1.90 bits per heavy atom. The van der Waals surface area contributed by atoms with Crippen LogP contribution in [0.25, 0.3) is 0 Å². The topological polar surface area (TPSA) is 105 Å². The van der Waals surface area contributed by atoms with Crippen molar-refractivity contribution in [3.8, 4) is 5.75 Å². The molecule has 0 saturated carbocycles. The van der Waals surface area contributed by atoms with Gasteiger partial charge in [-0.3, -0.25) is 13.9 Å². The molecule has 1 fully saturated rings. The van der Waals surface area contributed by atoms with E-state index in [4.69, 9.17) is 21.1 Å². The van der Waals surface area contributed by atoms with Crippen LogP contribution in [0.3, 0.4) is 0 Å². The lowest BCUT2D eigenvalue weighted by Crippen LogP contribution is -2.43. The maximum atomic E-state index is 13.5. The summed E-state index contributed by atoms with van der Waals surface area (Å²) in [6.07, 6.45) is 0. The van der Waals surface area contributed by atoms with Crippen LogP contribution in [0.4, 0.5) is 11.4 Å². The van der Waals surface area contributed by atoms with Gasteiger partial charge in [-0.15, -0.1) is 0 Å². The number of ether oxygens (including phenoxy) is 2. The molecule has 0 aliphatic carbocycles. The quantitative estimate of drug-likeness (QED) is 0.721. The van der Waals surface area contributed by atoms with Gasteiger partial charge in [0.15, 0.2) is 6.61 Å². The van der Waals surface area contributed by atoms with Gasteiger partial charge in [-0.2, -0.15) is 0 Å². The number of nitrogens with one attached hydrogen (secondary N) is 1. The minimum atomic E-state index is -4.22. The van der Waals surface area contributed by atoms with E-state index >= 15 is 0 Å². The molecule has 0 atom stereocenters. The van der Waals surface area contributed by atoms with Crippen molar-refractivity contribution in [1.82, 2.24) is 4.90 Å². The second kappa shape index (κ2) is 8.74. The van der Waals surface area contributed by atoms with E-state index in [0.29, 0.717) is 37.7 Å². The fourth-order valence-electron chi connectivity index (χ4n) is 3.38. The number of para-hydroxylation sites is 2. The molecule has 2 aliphatic rings. The molecule has 164 valence electrons. The average molecular weight is 466 g/mol. The minimum Gasteiger partial charge on any atom is -0.482 e. The van der Waals surface area contributed by atoms with Gasteiger partial charge in [0, 0.05) is 18.1 Å². The molecule has 0 spiro atoms. The maximum absolute atomic E-state index is 13.5. The Morgan fingerprint density at radius 1 is 1.16 bits per heavy atom. The molecule has 0 aromatic heterocycles. The summed E-state index contributed by atoms with van der Waals surface area (Å²) in [6, 6.07) is 10.7. The first-order valence-corrected chi connectivity index (χ1v) is 11.4. The smallest absolute Gasteiger partial charge is 0.268 e. The van der Waals surface area contributed by atoms with E-state index in [-0.39, 0.29) is 28.2 Å². The number of fused-ring (bicyclic) bond motifs is 1. The molecule has 2 heterocycles. The second-order valence-electron chi connectivity index (χ2n) is 6.95. The van der Waals surface area contributed by atoms with Crippen molar-refractivity contribution in [3.63, 3.8) is 0 Å². The summed E-state index contributed by atoms with van der Waals surface area (Å²) in [5.74, 6) is -0.756. The van der Waals surface area contributed by atoms with Crippen molar-refractivity contribution in [3.05, 3.63) is 47.5 Å². The van der Waals surface area contributed by atoms with E-state index in [1.165, 1.54) is 18.2 Å². The third-order valence-corrected chi connectivity index (χ3v) is 6.94. The van der Waals surface area contributed by atoms with Gasteiger partial charge in [0.05, 0.1) is 24.6 Å². The molecule has 2 aromatic rings. The van der Waals surface area contributed by atoms with Crippen LogP contribution in [-0.2, 0) is 24.3 Å². The van der Waals surface area contributed by atoms with Crippen LogP contribution < -0.4 is 14.4 Å². The van der Waals surface area contributed by atoms with Crippen molar-refractivity contribution in [2.24, 2.45) is 0 Å². The first-order valence-electron chi connectivity index (χ1n) is 9.56. The molecule has 9 nitrogen and oxygen atoms in total. The zero-order chi connectivity index (χ0) is 22.0. The van der Waals surface area contributed by atoms with Gasteiger partial charge in [-0.25, -0.2) is 8.42 Å². The van der Waals surface area contributed by atoms with E-state index in [1.54, 1.807) is 29.2 Å². The Bertz CT molecular complexity index is 1120. The van der Waals surface area contributed by atoms with E-state index in [1.807, 2.05) is 0 Å². The Kier molecular flexibility index (Phi) is 6.03. The van der Waals surface area contributed by atoms with Gasteiger partial charge in [-0.1, -0.05) is 23.7 Å². The number of amides is 2. The number of carbonyl (C=O) groups is 2. The molecular weight excluding hydrogens is 446 g/mol. The first kappa shape index (κ1) is 21.4. The number of hydrogen-bond donors (Lipinski definition) is 1. The van der Waals surface area contributed by atoms with Crippen molar-refractivity contribution < 1.29 is 27.5 Å². The molecule has 2 aromatic carbocycles. The molecule has 0 bridgehead atoms. The van der Waals surface area contributed by atoms with Crippen LogP contribution in [0.2, 0.25) is 5.02 Å². The standard InChI is InChI=1S/C20H20ClN3O6S/c21-14-5-6-17(30-13-20(26)23-7-9-29-10-8-23)18(11-14)31(27,28)24-12-19(25)22-15-3-1-2-4-16(15)24/h1-6,11H,7-10,12-13H2,(H,22,25). The van der Waals surface area contributed by atoms with E-state index in [9.17, 15) is 18.0 Å². The predicted octanol–water partition coefficient (Wildman–Crippen LogP) is 1.72. The van der Waals surface area contributed by atoms with Gasteiger partial charge < -0.3 is 19.7 Å². The van der Waals surface area contributed by atoms with Gasteiger partial charge in [0.2, 0.25) is 5.91 Å². The maximum Gasteiger partial charge on any atom is 0.268 e. The van der Waals surface area contributed by atoms with Gasteiger partial charge in [0.1, 0.15) is 17.2 Å². The van der Waals surface area contributed by atoms with Crippen LogP contribution in [-0.4, -0.2) is 64.6 Å². The van der Waals surface area contributed by atoms with Crippen LogP contribution in [0.1, 0.15) is 0 Å². The van der Waals surface area contributed by atoms with Gasteiger partial charge >= 0.3 is 0 Å². The number of anilines is 2. The lowest BCUT2D eigenvalue weighted by Gasteiger charge is -2.30. The number of nitrogens with zero attached hydrogens (tertiary/aromatic N) is 2. The molecule has 1 saturated heterocycles. The zero-order valence-electron chi connectivity index (χ0n) is 16.4. The Balaban J connectivity index is 1.64. The van der Waals surface area contributed by atoms with E-state index in [2.05, 4.69) is 5.32 Å². The highest BCUT2D eigenvalue weighted by molar-refractivity contribution is 7.93. The molecule has 1 N–H and O–H groups in total. The summed E-state index contributed by atoms with van der Waals surface area (Å²) >= 11 is 6.07. The third-order valence-electron chi connectivity index (χ3n) is 4.92. The summed E-state index contributed by atoms with van der Waals surface area (Å²) in [7, 11) is -4.22. The summed E-state index contributed by atoms with van der Waals surface area (Å²) in [5, 5.41) is 2.83. The number of morpholine rings is 1. The van der Waals surface area contributed by atoms with E-state index < -0.39 is 22.5 Å². The zero-order valence-corrected chi connectivity index (χ0v) is 18.0. The monoisotopic (exact) mass is 465 g/mol.